The van der Waals surface area contributed by atoms with E-state index in [1.54, 1.807) is 13.8 Å². The third kappa shape index (κ3) is 7.74. The van der Waals surface area contributed by atoms with Crippen molar-refractivity contribution in [3.05, 3.63) is 0 Å². The van der Waals surface area contributed by atoms with Crippen molar-refractivity contribution in [1.29, 1.82) is 0 Å². The molecule has 0 aliphatic carbocycles. The third-order valence-corrected chi connectivity index (χ3v) is 1.44. The maximum Gasteiger partial charge on any atom is 0.308 e. The van der Waals surface area contributed by atoms with E-state index < -0.39 is 0 Å². The normalized spacial score (nSPS) is 10.5. The molecule has 0 unspecified atom stereocenters. The van der Waals surface area contributed by atoms with Crippen LogP contribution in [0.3, 0.4) is 0 Å². The van der Waals surface area contributed by atoms with Gasteiger partial charge in [-0.05, 0) is 13.0 Å². The molecule has 0 saturated heterocycles. The summed E-state index contributed by atoms with van der Waals surface area (Å²) < 4.78 is 10.0. The lowest BCUT2D eigenvalue weighted by Crippen LogP contribution is -2.16. The van der Waals surface area contributed by atoms with E-state index in [0.717, 1.165) is 6.42 Å². The Morgan fingerprint density at radius 1 is 1.31 bits per heavy atom. The molecule has 0 rings (SSSR count). The first kappa shape index (κ1) is 12.4. The number of ether oxygens (including phenoxy) is 2. The van der Waals surface area contributed by atoms with Gasteiger partial charge in [-0.15, -0.1) is 0 Å². The summed E-state index contributed by atoms with van der Waals surface area (Å²) in [7, 11) is 0. The predicted octanol–water partition coefficient (Wildman–Crippen LogP) is 0.551. The van der Waals surface area contributed by atoms with E-state index in [-0.39, 0.29) is 11.9 Å². The van der Waals surface area contributed by atoms with Crippen molar-refractivity contribution >= 4 is 5.97 Å². The lowest BCUT2D eigenvalue weighted by atomic mass is 10.2. The van der Waals surface area contributed by atoms with E-state index in [4.69, 9.17) is 15.2 Å². The molecule has 0 aromatic heterocycles. The molecule has 0 spiro atoms. The number of rotatable bonds is 7. The Bertz CT molecular complexity index is 137. The number of esters is 1. The van der Waals surface area contributed by atoms with Crippen molar-refractivity contribution in [3.8, 4) is 0 Å². The average Bonchev–Trinajstić information content (AvgIpc) is 2.10. The van der Waals surface area contributed by atoms with Crippen LogP contribution in [0.25, 0.3) is 0 Å². The summed E-state index contributed by atoms with van der Waals surface area (Å²) >= 11 is 0. The van der Waals surface area contributed by atoms with Gasteiger partial charge in [-0.2, -0.15) is 0 Å². The minimum absolute atomic E-state index is 0.0657. The molecule has 0 bridgehead atoms. The van der Waals surface area contributed by atoms with Crippen molar-refractivity contribution in [2.45, 2.75) is 20.3 Å². The molecule has 0 radical (unpaired) electrons. The number of hydrogen-bond donors (Lipinski definition) is 1. The summed E-state index contributed by atoms with van der Waals surface area (Å²) in [5, 5.41) is 0. The lowest BCUT2D eigenvalue weighted by Gasteiger charge is -2.07. The second kappa shape index (κ2) is 8.01. The second-order valence-electron chi connectivity index (χ2n) is 3.08. The predicted molar refractivity (Wildman–Crippen MR) is 50.3 cm³/mol. The van der Waals surface area contributed by atoms with Gasteiger partial charge in [0.1, 0.15) is 6.61 Å². The van der Waals surface area contributed by atoms with Gasteiger partial charge in [0.2, 0.25) is 0 Å². The molecule has 0 fully saturated rings. The fourth-order valence-electron chi connectivity index (χ4n) is 0.655. The molecule has 0 heterocycles. The molecule has 0 aliphatic rings. The SMILES string of the molecule is CC(C)C(=O)OCCOCCCN. The Morgan fingerprint density at radius 2 is 2.00 bits per heavy atom. The van der Waals surface area contributed by atoms with E-state index in [1.165, 1.54) is 0 Å². The number of carbonyl (C=O) groups is 1. The van der Waals surface area contributed by atoms with Crippen LogP contribution in [0, 0.1) is 5.92 Å². The molecule has 0 aromatic carbocycles. The molecular weight excluding hydrogens is 170 g/mol. The molecule has 0 saturated carbocycles. The molecule has 0 aliphatic heterocycles. The smallest absolute Gasteiger partial charge is 0.308 e. The highest BCUT2D eigenvalue weighted by Crippen LogP contribution is 1.95. The molecular formula is C9H19NO3. The van der Waals surface area contributed by atoms with Gasteiger partial charge >= 0.3 is 5.97 Å². The van der Waals surface area contributed by atoms with Crippen LogP contribution in [-0.2, 0) is 14.3 Å². The summed E-state index contributed by atoms with van der Waals surface area (Å²) in [6.07, 6.45) is 0.845. The number of carbonyl (C=O) groups excluding carboxylic acids is 1. The van der Waals surface area contributed by atoms with Gasteiger partial charge in [0.05, 0.1) is 12.5 Å². The molecule has 13 heavy (non-hydrogen) atoms. The third-order valence-electron chi connectivity index (χ3n) is 1.44. The average molecular weight is 189 g/mol. The summed E-state index contributed by atoms with van der Waals surface area (Å²) in [5.74, 6) is -0.244. The van der Waals surface area contributed by atoms with Crippen LogP contribution in [-0.4, -0.2) is 32.3 Å². The molecule has 0 aromatic rings. The van der Waals surface area contributed by atoms with Gasteiger partial charge < -0.3 is 15.2 Å². The summed E-state index contributed by atoms with van der Waals surface area (Å²) in [5.41, 5.74) is 5.27. The van der Waals surface area contributed by atoms with Crippen LogP contribution in [0.5, 0.6) is 0 Å². The Balaban J connectivity index is 3.12. The summed E-state index contributed by atoms with van der Waals surface area (Å²) in [6.45, 7) is 5.66. The molecule has 0 atom stereocenters. The van der Waals surface area contributed by atoms with Crippen molar-refractivity contribution in [3.63, 3.8) is 0 Å². The molecule has 2 N–H and O–H groups in total. The van der Waals surface area contributed by atoms with Gasteiger partial charge in [0.25, 0.3) is 0 Å². The van der Waals surface area contributed by atoms with Crippen molar-refractivity contribution in [2.24, 2.45) is 11.7 Å². The van der Waals surface area contributed by atoms with Crippen molar-refractivity contribution < 1.29 is 14.3 Å². The molecule has 78 valence electrons. The fourth-order valence-corrected chi connectivity index (χ4v) is 0.655. The maximum atomic E-state index is 10.9. The van der Waals surface area contributed by atoms with Crippen molar-refractivity contribution in [1.82, 2.24) is 0 Å². The summed E-state index contributed by atoms with van der Waals surface area (Å²) in [6, 6.07) is 0. The minimum Gasteiger partial charge on any atom is -0.463 e. The fraction of sp³-hybridized carbons (Fsp3) is 0.889. The van der Waals surface area contributed by atoms with Gasteiger partial charge in [0.15, 0.2) is 0 Å². The first-order valence-electron chi connectivity index (χ1n) is 4.63. The van der Waals surface area contributed by atoms with Gasteiger partial charge in [-0.25, -0.2) is 0 Å². The lowest BCUT2D eigenvalue weighted by molar-refractivity contribution is -0.148. The zero-order chi connectivity index (χ0) is 10.1. The van der Waals surface area contributed by atoms with Crippen LogP contribution in [0.2, 0.25) is 0 Å². The standard InChI is InChI=1S/C9H19NO3/c1-8(2)9(11)13-7-6-12-5-3-4-10/h8H,3-7,10H2,1-2H3. The molecule has 4 heteroatoms. The van der Waals surface area contributed by atoms with E-state index in [0.29, 0.717) is 26.4 Å². The largest absolute Gasteiger partial charge is 0.463 e. The molecule has 0 amide bonds. The van der Waals surface area contributed by atoms with Crippen LogP contribution < -0.4 is 5.73 Å². The quantitative estimate of drug-likeness (QED) is 0.469. The van der Waals surface area contributed by atoms with Crippen molar-refractivity contribution in [2.75, 3.05) is 26.4 Å². The zero-order valence-electron chi connectivity index (χ0n) is 8.41. The van der Waals surface area contributed by atoms with E-state index in [2.05, 4.69) is 0 Å². The van der Waals surface area contributed by atoms with E-state index >= 15 is 0 Å². The zero-order valence-corrected chi connectivity index (χ0v) is 8.41. The molecule has 4 nitrogen and oxygen atoms in total. The van der Waals surface area contributed by atoms with Gasteiger partial charge in [0, 0.05) is 6.61 Å². The summed E-state index contributed by atoms with van der Waals surface area (Å²) in [4.78, 5) is 10.9. The number of hydrogen-bond acceptors (Lipinski definition) is 4. The van der Waals surface area contributed by atoms with Crippen LogP contribution in [0.4, 0.5) is 0 Å². The highest BCUT2D eigenvalue weighted by molar-refractivity contribution is 5.71. The highest BCUT2D eigenvalue weighted by Gasteiger charge is 2.06. The number of nitrogens with two attached hydrogens (primary N) is 1. The Kier molecular flexibility index (Phi) is 7.63. The van der Waals surface area contributed by atoms with Crippen LogP contribution in [0.1, 0.15) is 20.3 Å². The van der Waals surface area contributed by atoms with E-state index in [1.807, 2.05) is 0 Å². The monoisotopic (exact) mass is 189 g/mol. The Morgan fingerprint density at radius 3 is 2.54 bits per heavy atom. The second-order valence-corrected chi connectivity index (χ2v) is 3.08. The Hall–Kier alpha value is -0.610. The topological polar surface area (TPSA) is 61.5 Å². The first-order chi connectivity index (χ1) is 6.18. The highest BCUT2D eigenvalue weighted by atomic mass is 16.6. The van der Waals surface area contributed by atoms with Gasteiger partial charge in [-0.1, -0.05) is 13.8 Å². The van der Waals surface area contributed by atoms with E-state index in [9.17, 15) is 4.79 Å². The maximum absolute atomic E-state index is 10.9. The van der Waals surface area contributed by atoms with Gasteiger partial charge in [-0.3, -0.25) is 4.79 Å². The van der Waals surface area contributed by atoms with Crippen LogP contribution >= 0.6 is 0 Å². The first-order valence-corrected chi connectivity index (χ1v) is 4.63. The van der Waals surface area contributed by atoms with Crippen LogP contribution in [0.15, 0.2) is 0 Å². The Labute approximate surface area is 79.4 Å². The minimum atomic E-state index is -0.178.